The van der Waals surface area contributed by atoms with E-state index in [1.54, 1.807) is 5.51 Å². The van der Waals surface area contributed by atoms with Gasteiger partial charge in [-0.2, -0.15) is 13.2 Å². The van der Waals surface area contributed by atoms with Crippen molar-refractivity contribution in [3.8, 4) is 0 Å². The van der Waals surface area contributed by atoms with Crippen LogP contribution >= 0.6 is 11.3 Å². The molecule has 1 aromatic carbocycles. The molecule has 2 rings (SSSR count). The number of nitrogens with one attached hydrogen (secondary N) is 1. The number of hydrogen-bond donors (Lipinski definition) is 1. The zero-order chi connectivity index (χ0) is 16.2. The monoisotopic (exact) mass is 328 g/mol. The van der Waals surface area contributed by atoms with E-state index in [2.05, 4.69) is 10.3 Å². The standard InChI is InChI=1S/C15H15F3N2OS/c1-10-13(22-9-20-10)6-7-14(21)19-8-11-4-2-3-5-12(11)15(16,17)18/h2-5,9H,6-8H2,1H3,(H,19,21). The van der Waals surface area contributed by atoms with Crippen molar-refractivity contribution in [2.45, 2.75) is 32.5 Å². The maximum Gasteiger partial charge on any atom is 0.416 e. The molecule has 0 atom stereocenters. The Morgan fingerprint density at radius 2 is 2.05 bits per heavy atom. The van der Waals surface area contributed by atoms with Gasteiger partial charge in [0.15, 0.2) is 0 Å². The third-order valence-electron chi connectivity index (χ3n) is 3.22. The molecule has 118 valence electrons. The van der Waals surface area contributed by atoms with Crippen molar-refractivity contribution in [1.29, 1.82) is 0 Å². The number of halogens is 3. The Balaban J connectivity index is 1.90. The Kier molecular flexibility index (Phi) is 5.18. The molecule has 1 N–H and O–H groups in total. The number of rotatable bonds is 5. The van der Waals surface area contributed by atoms with Gasteiger partial charge in [-0.1, -0.05) is 18.2 Å². The van der Waals surface area contributed by atoms with Crippen LogP contribution in [-0.4, -0.2) is 10.9 Å². The van der Waals surface area contributed by atoms with Crippen molar-refractivity contribution in [2.75, 3.05) is 0 Å². The number of benzene rings is 1. The van der Waals surface area contributed by atoms with Crippen LogP contribution in [0.25, 0.3) is 0 Å². The molecule has 0 radical (unpaired) electrons. The van der Waals surface area contributed by atoms with E-state index in [1.807, 2.05) is 6.92 Å². The first-order valence-corrected chi connectivity index (χ1v) is 7.56. The van der Waals surface area contributed by atoms with E-state index in [9.17, 15) is 18.0 Å². The quantitative estimate of drug-likeness (QED) is 0.909. The van der Waals surface area contributed by atoms with Crippen LogP contribution in [0.5, 0.6) is 0 Å². The van der Waals surface area contributed by atoms with Crippen LogP contribution in [0.2, 0.25) is 0 Å². The first-order chi connectivity index (χ1) is 10.4. The van der Waals surface area contributed by atoms with Gasteiger partial charge in [0, 0.05) is 17.8 Å². The molecule has 22 heavy (non-hydrogen) atoms. The summed E-state index contributed by atoms with van der Waals surface area (Å²) >= 11 is 1.47. The van der Waals surface area contributed by atoms with E-state index in [0.29, 0.717) is 6.42 Å². The number of thiazole rings is 1. The minimum atomic E-state index is -4.42. The van der Waals surface area contributed by atoms with E-state index in [0.717, 1.165) is 16.6 Å². The molecule has 3 nitrogen and oxygen atoms in total. The molecule has 0 unspecified atom stereocenters. The number of hydrogen-bond acceptors (Lipinski definition) is 3. The predicted molar refractivity (Wildman–Crippen MR) is 78.5 cm³/mol. The van der Waals surface area contributed by atoms with E-state index in [-0.39, 0.29) is 24.4 Å². The first-order valence-electron chi connectivity index (χ1n) is 6.68. The summed E-state index contributed by atoms with van der Waals surface area (Å²) < 4.78 is 38.5. The molecule has 7 heteroatoms. The summed E-state index contributed by atoms with van der Waals surface area (Å²) in [6, 6.07) is 5.25. The van der Waals surface area contributed by atoms with Gasteiger partial charge in [0.05, 0.1) is 16.8 Å². The van der Waals surface area contributed by atoms with Gasteiger partial charge < -0.3 is 5.32 Å². The molecule has 1 amide bonds. The van der Waals surface area contributed by atoms with Crippen LogP contribution < -0.4 is 5.32 Å². The van der Waals surface area contributed by atoms with Crippen LogP contribution in [0.1, 0.15) is 28.1 Å². The maximum atomic E-state index is 12.8. The summed E-state index contributed by atoms with van der Waals surface area (Å²) in [6.07, 6.45) is -3.64. The minimum absolute atomic E-state index is 0.0670. The number of aromatic nitrogens is 1. The van der Waals surface area contributed by atoms with Gasteiger partial charge in [-0.15, -0.1) is 11.3 Å². The van der Waals surface area contributed by atoms with Crippen molar-refractivity contribution in [1.82, 2.24) is 10.3 Å². The second kappa shape index (κ2) is 6.91. The normalized spacial score (nSPS) is 11.5. The highest BCUT2D eigenvalue weighted by atomic mass is 32.1. The Labute approximate surface area is 130 Å². The number of aryl methyl sites for hydroxylation is 2. The summed E-state index contributed by atoms with van der Waals surface area (Å²) in [4.78, 5) is 16.9. The Hall–Kier alpha value is -1.89. The highest BCUT2D eigenvalue weighted by Crippen LogP contribution is 2.31. The number of carbonyl (C=O) groups is 1. The third kappa shape index (κ3) is 4.30. The molecule has 0 aliphatic heterocycles. The molecular weight excluding hydrogens is 313 g/mol. The van der Waals surface area contributed by atoms with E-state index < -0.39 is 11.7 Å². The Morgan fingerprint density at radius 1 is 1.32 bits per heavy atom. The summed E-state index contributed by atoms with van der Waals surface area (Å²) in [6.45, 7) is 1.74. The maximum absolute atomic E-state index is 12.8. The molecule has 1 aromatic heterocycles. The Morgan fingerprint density at radius 3 is 2.68 bits per heavy atom. The lowest BCUT2D eigenvalue weighted by molar-refractivity contribution is -0.138. The van der Waals surface area contributed by atoms with Crippen molar-refractivity contribution in [2.24, 2.45) is 0 Å². The van der Waals surface area contributed by atoms with E-state index in [4.69, 9.17) is 0 Å². The number of nitrogens with zero attached hydrogens (tertiary/aromatic N) is 1. The number of amides is 1. The number of alkyl halides is 3. The van der Waals surface area contributed by atoms with Crippen molar-refractivity contribution in [3.63, 3.8) is 0 Å². The van der Waals surface area contributed by atoms with Crippen molar-refractivity contribution in [3.05, 3.63) is 51.5 Å². The molecule has 0 saturated heterocycles. The predicted octanol–water partition coefficient (Wildman–Crippen LogP) is 3.72. The molecule has 0 bridgehead atoms. The van der Waals surface area contributed by atoms with Crippen molar-refractivity contribution >= 4 is 17.2 Å². The second-order valence-electron chi connectivity index (χ2n) is 4.79. The molecule has 2 aromatic rings. The van der Waals surface area contributed by atoms with Gasteiger partial charge in [-0.25, -0.2) is 4.98 Å². The second-order valence-corrected chi connectivity index (χ2v) is 5.73. The van der Waals surface area contributed by atoms with Crippen LogP contribution in [-0.2, 0) is 23.9 Å². The molecule has 0 aliphatic rings. The zero-order valence-electron chi connectivity index (χ0n) is 11.9. The topological polar surface area (TPSA) is 42.0 Å². The lowest BCUT2D eigenvalue weighted by atomic mass is 10.1. The van der Waals surface area contributed by atoms with Crippen LogP contribution in [0.4, 0.5) is 13.2 Å². The smallest absolute Gasteiger partial charge is 0.352 e. The summed E-state index contributed by atoms with van der Waals surface area (Å²) in [5.41, 5.74) is 1.95. The molecular formula is C15H15F3N2OS. The molecule has 0 spiro atoms. The molecule has 0 fully saturated rings. The average Bonchev–Trinajstić information content (AvgIpc) is 2.87. The van der Waals surface area contributed by atoms with Gasteiger partial charge >= 0.3 is 6.18 Å². The molecule has 0 aliphatic carbocycles. The molecule has 0 saturated carbocycles. The third-order valence-corrected chi connectivity index (χ3v) is 4.22. The molecule has 1 heterocycles. The highest BCUT2D eigenvalue weighted by molar-refractivity contribution is 7.09. The number of carbonyl (C=O) groups excluding carboxylic acids is 1. The first kappa shape index (κ1) is 16.5. The summed E-state index contributed by atoms with van der Waals surface area (Å²) in [5, 5.41) is 2.54. The minimum Gasteiger partial charge on any atom is -0.352 e. The fraction of sp³-hybridized carbons (Fsp3) is 0.333. The van der Waals surface area contributed by atoms with Crippen molar-refractivity contribution < 1.29 is 18.0 Å². The highest BCUT2D eigenvalue weighted by Gasteiger charge is 2.32. The average molecular weight is 328 g/mol. The van der Waals surface area contributed by atoms with Gasteiger partial charge in [-0.05, 0) is 25.0 Å². The lowest BCUT2D eigenvalue weighted by Gasteiger charge is -2.13. The summed E-state index contributed by atoms with van der Waals surface area (Å²) in [7, 11) is 0. The van der Waals surface area contributed by atoms with Crippen LogP contribution in [0.3, 0.4) is 0 Å². The van der Waals surface area contributed by atoms with Gasteiger partial charge in [0.2, 0.25) is 5.91 Å². The SMILES string of the molecule is Cc1ncsc1CCC(=O)NCc1ccccc1C(F)(F)F. The fourth-order valence-electron chi connectivity index (χ4n) is 2.03. The van der Waals surface area contributed by atoms with Crippen LogP contribution in [0, 0.1) is 6.92 Å². The zero-order valence-corrected chi connectivity index (χ0v) is 12.7. The fourth-order valence-corrected chi connectivity index (χ4v) is 2.81. The van der Waals surface area contributed by atoms with Gasteiger partial charge in [-0.3, -0.25) is 4.79 Å². The Bertz CT molecular complexity index is 652. The lowest BCUT2D eigenvalue weighted by Crippen LogP contribution is -2.24. The van der Waals surface area contributed by atoms with Gasteiger partial charge in [0.25, 0.3) is 0 Å². The summed E-state index contributed by atoms with van der Waals surface area (Å²) in [5.74, 6) is -0.273. The van der Waals surface area contributed by atoms with E-state index in [1.165, 1.54) is 29.5 Å². The van der Waals surface area contributed by atoms with Gasteiger partial charge in [0.1, 0.15) is 0 Å². The van der Waals surface area contributed by atoms with Crippen LogP contribution in [0.15, 0.2) is 29.8 Å². The largest absolute Gasteiger partial charge is 0.416 e. The van der Waals surface area contributed by atoms with E-state index >= 15 is 0 Å².